The Kier molecular flexibility index (Phi) is 4.21. The number of hydrogen-bond acceptors (Lipinski definition) is 3. The molecule has 0 spiro atoms. The van der Waals surface area contributed by atoms with Crippen LogP contribution in [0.1, 0.15) is 24.1 Å². The lowest BCUT2D eigenvalue weighted by Gasteiger charge is -2.28. The molecule has 0 atom stereocenters. The number of alkyl halides is 3. The predicted octanol–water partition coefficient (Wildman–Crippen LogP) is 3.22. The van der Waals surface area contributed by atoms with Crippen molar-refractivity contribution in [1.82, 2.24) is 19.7 Å². The van der Waals surface area contributed by atoms with E-state index in [9.17, 15) is 13.2 Å². The Hall–Kier alpha value is -2.15. The summed E-state index contributed by atoms with van der Waals surface area (Å²) in [6, 6.07) is 9.95. The van der Waals surface area contributed by atoms with Crippen LogP contribution in [0.4, 0.5) is 13.2 Å². The van der Waals surface area contributed by atoms with Crippen molar-refractivity contribution in [2.75, 3.05) is 13.1 Å². The number of nitrogens with zero attached hydrogens (tertiary/aromatic N) is 4. The van der Waals surface area contributed by atoms with Crippen molar-refractivity contribution in [1.29, 1.82) is 0 Å². The van der Waals surface area contributed by atoms with Crippen LogP contribution in [0.3, 0.4) is 0 Å². The Labute approximate surface area is 132 Å². The molecule has 0 amide bonds. The van der Waals surface area contributed by atoms with Crippen LogP contribution >= 0.6 is 0 Å². The molecule has 122 valence electrons. The smallest absolute Gasteiger partial charge is 0.305 e. The molecule has 0 saturated heterocycles. The second-order valence-corrected chi connectivity index (χ2v) is 5.70. The SMILES string of the molecule is C/C(=C\c1ccccc1)CN1CCn2c(nnc2C(F)(F)F)C1. The van der Waals surface area contributed by atoms with Gasteiger partial charge >= 0.3 is 6.18 Å². The molecule has 0 N–H and O–H groups in total. The van der Waals surface area contributed by atoms with E-state index in [0.717, 1.165) is 11.1 Å². The highest BCUT2D eigenvalue weighted by Crippen LogP contribution is 2.29. The third-order valence-corrected chi connectivity index (χ3v) is 3.77. The summed E-state index contributed by atoms with van der Waals surface area (Å²) in [6.45, 7) is 3.91. The summed E-state index contributed by atoms with van der Waals surface area (Å²) < 4.78 is 39.6. The van der Waals surface area contributed by atoms with Crippen LogP contribution in [-0.4, -0.2) is 32.8 Å². The van der Waals surface area contributed by atoms with Crippen LogP contribution in [0.15, 0.2) is 35.9 Å². The number of fused-ring (bicyclic) bond motifs is 1. The van der Waals surface area contributed by atoms with Gasteiger partial charge in [0.15, 0.2) is 0 Å². The summed E-state index contributed by atoms with van der Waals surface area (Å²) in [4.78, 5) is 2.08. The van der Waals surface area contributed by atoms with E-state index in [-0.39, 0.29) is 6.54 Å². The zero-order valence-corrected chi connectivity index (χ0v) is 12.7. The van der Waals surface area contributed by atoms with Crippen LogP contribution in [0.25, 0.3) is 6.08 Å². The molecule has 0 saturated carbocycles. The van der Waals surface area contributed by atoms with Gasteiger partial charge in [0, 0.05) is 19.6 Å². The van der Waals surface area contributed by atoms with Gasteiger partial charge in [0.25, 0.3) is 0 Å². The van der Waals surface area contributed by atoms with Crippen molar-refractivity contribution in [2.45, 2.75) is 26.2 Å². The van der Waals surface area contributed by atoms with E-state index in [0.29, 0.717) is 25.5 Å². The molecule has 2 heterocycles. The minimum absolute atomic E-state index is 0.260. The van der Waals surface area contributed by atoms with E-state index in [2.05, 4.69) is 21.2 Å². The topological polar surface area (TPSA) is 34.0 Å². The van der Waals surface area contributed by atoms with E-state index in [1.807, 2.05) is 37.3 Å². The molecule has 2 aromatic rings. The minimum atomic E-state index is -4.45. The van der Waals surface area contributed by atoms with Crippen LogP contribution in [0.2, 0.25) is 0 Å². The van der Waals surface area contributed by atoms with Gasteiger partial charge in [-0.3, -0.25) is 4.90 Å². The number of halogens is 3. The van der Waals surface area contributed by atoms with Gasteiger partial charge in [-0.25, -0.2) is 0 Å². The third-order valence-electron chi connectivity index (χ3n) is 3.77. The molecule has 7 heteroatoms. The first-order valence-electron chi connectivity index (χ1n) is 7.37. The largest absolute Gasteiger partial charge is 0.451 e. The first-order valence-corrected chi connectivity index (χ1v) is 7.37. The van der Waals surface area contributed by atoms with E-state index >= 15 is 0 Å². The highest BCUT2D eigenvalue weighted by molar-refractivity contribution is 5.52. The second-order valence-electron chi connectivity index (χ2n) is 5.70. The lowest BCUT2D eigenvalue weighted by atomic mass is 10.1. The van der Waals surface area contributed by atoms with E-state index in [4.69, 9.17) is 0 Å². The Morgan fingerprint density at radius 2 is 1.91 bits per heavy atom. The van der Waals surface area contributed by atoms with Crippen molar-refractivity contribution in [3.05, 3.63) is 53.1 Å². The number of benzene rings is 1. The Balaban J connectivity index is 1.69. The average molecular weight is 322 g/mol. The van der Waals surface area contributed by atoms with Crippen molar-refractivity contribution >= 4 is 6.08 Å². The maximum Gasteiger partial charge on any atom is 0.451 e. The second kappa shape index (κ2) is 6.16. The van der Waals surface area contributed by atoms with E-state index in [1.165, 1.54) is 4.57 Å². The van der Waals surface area contributed by atoms with Gasteiger partial charge in [0.05, 0.1) is 6.54 Å². The van der Waals surface area contributed by atoms with Gasteiger partial charge in [0.2, 0.25) is 5.82 Å². The zero-order valence-electron chi connectivity index (χ0n) is 12.7. The van der Waals surface area contributed by atoms with Crippen molar-refractivity contribution in [3.8, 4) is 0 Å². The Morgan fingerprint density at radius 1 is 1.17 bits per heavy atom. The van der Waals surface area contributed by atoms with Gasteiger partial charge in [-0.05, 0) is 12.5 Å². The molecule has 1 aromatic heterocycles. The molecule has 3 rings (SSSR count). The van der Waals surface area contributed by atoms with Crippen LogP contribution in [0, 0.1) is 0 Å². The Morgan fingerprint density at radius 3 is 2.61 bits per heavy atom. The maximum atomic E-state index is 12.8. The molecular weight excluding hydrogens is 305 g/mol. The highest BCUT2D eigenvalue weighted by Gasteiger charge is 2.39. The maximum absolute atomic E-state index is 12.8. The molecule has 0 radical (unpaired) electrons. The fourth-order valence-corrected chi connectivity index (χ4v) is 2.78. The first-order chi connectivity index (χ1) is 10.9. The normalized spacial score (nSPS) is 16.4. The van der Waals surface area contributed by atoms with Crippen molar-refractivity contribution < 1.29 is 13.2 Å². The summed E-state index contributed by atoms with van der Waals surface area (Å²) in [5.41, 5.74) is 2.27. The average Bonchev–Trinajstić information content (AvgIpc) is 2.91. The van der Waals surface area contributed by atoms with Gasteiger partial charge < -0.3 is 4.57 Å². The zero-order chi connectivity index (χ0) is 16.4. The summed E-state index contributed by atoms with van der Waals surface area (Å²) in [5, 5.41) is 6.99. The lowest BCUT2D eigenvalue weighted by Crippen LogP contribution is -2.36. The van der Waals surface area contributed by atoms with Gasteiger partial charge in [-0.2, -0.15) is 13.2 Å². The molecule has 0 unspecified atom stereocenters. The molecule has 0 fully saturated rings. The summed E-state index contributed by atoms with van der Waals surface area (Å²) in [5.74, 6) is -0.528. The first kappa shape index (κ1) is 15.7. The summed E-state index contributed by atoms with van der Waals surface area (Å²) >= 11 is 0. The van der Waals surface area contributed by atoms with Crippen molar-refractivity contribution in [2.24, 2.45) is 0 Å². The fourth-order valence-electron chi connectivity index (χ4n) is 2.78. The van der Waals surface area contributed by atoms with Crippen molar-refractivity contribution in [3.63, 3.8) is 0 Å². The third kappa shape index (κ3) is 3.61. The van der Waals surface area contributed by atoms with Gasteiger partial charge in [-0.1, -0.05) is 42.0 Å². The van der Waals surface area contributed by atoms with Crippen LogP contribution in [-0.2, 0) is 19.3 Å². The van der Waals surface area contributed by atoms with Crippen LogP contribution in [0.5, 0.6) is 0 Å². The molecule has 4 nitrogen and oxygen atoms in total. The van der Waals surface area contributed by atoms with E-state index in [1.54, 1.807) is 0 Å². The van der Waals surface area contributed by atoms with E-state index < -0.39 is 12.0 Å². The monoisotopic (exact) mass is 322 g/mol. The summed E-state index contributed by atoms with van der Waals surface area (Å²) in [6.07, 6.45) is -2.36. The quantitative estimate of drug-likeness (QED) is 0.870. The molecule has 1 aliphatic rings. The summed E-state index contributed by atoms with van der Waals surface area (Å²) in [7, 11) is 0. The number of aromatic nitrogens is 3. The number of rotatable bonds is 3. The molecule has 0 aliphatic carbocycles. The van der Waals surface area contributed by atoms with Gasteiger partial charge in [-0.15, -0.1) is 10.2 Å². The van der Waals surface area contributed by atoms with Gasteiger partial charge in [0.1, 0.15) is 5.82 Å². The highest BCUT2D eigenvalue weighted by atomic mass is 19.4. The standard InChI is InChI=1S/C16H17F3N4/c1-12(9-13-5-3-2-4-6-13)10-22-7-8-23-14(11-22)20-21-15(23)16(17,18)19/h2-6,9H,7-8,10-11H2,1H3/b12-9+. The molecule has 23 heavy (non-hydrogen) atoms. The molecular formula is C16H17F3N4. The minimum Gasteiger partial charge on any atom is -0.305 e. The molecule has 1 aliphatic heterocycles. The lowest BCUT2D eigenvalue weighted by molar-refractivity contribution is -0.148. The molecule has 1 aromatic carbocycles. The molecule has 0 bridgehead atoms. The number of hydrogen-bond donors (Lipinski definition) is 0. The van der Waals surface area contributed by atoms with Crippen LogP contribution < -0.4 is 0 Å². The Bertz CT molecular complexity index is 704. The predicted molar refractivity (Wildman–Crippen MR) is 80.4 cm³/mol. The fraction of sp³-hybridized carbons (Fsp3) is 0.375.